The average Bonchev–Trinajstić information content (AvgIpc) is 2.95. The Balaban J connectivity index is 2.08. The van der Waals surface area contributed by atoms with Crippen molar-refractivity contribution in [3.63, 3.8) is 0 Å². The van der Waals surface area contributed by atoms with Crippen LogP contribution in [-0.2, 0) is 11.3 Å². The average molecular weight is 236 g/mol. The van der Waals surface area contributed by atoms with Gasteiger partial charge < -0.3 is 9.52 Å². The number of nitrogens with zero attached hydrogens (tertiary/aromatic N) is 4. The Morgan fingerprint density at radius 1 is 1.65 bits per heavy atom. The minimum absolute atomic E-state index is 0.420. The molecule has 1 N–H and O–H groups in total. The molecule has 7 heteroatoms. The Labute approximate surface area is 97.0 Å². The van der Waals surface area contributed by atoms with Crippen LogP contribution < -0.4 is 0 Å². The van der Waals surface area contributed by atoms with E-state index in [1.807, 2.05) is 0 Å². The predicted octanol–water partition coefficient (Wildman–Crippen LogP) is 1.04. The number of aromatic nitrogens is 4. The van der Waals surface area contributed by atoms with E-state index >= 15 is 0 Å². The summed E-state index contributed by atoms with van der Waals surface area (Å²) in [6.07, 6.45) is 3.56. The summed E-state index contributed by atoms with van der Waals surface area (Å²) in [6, 6.07) is 1.75. The molecule has 0 spiro atoms. The van der Waals surface area contributed by atoms with E-state index in [0.29, 0.717) is 18.8 Å². The number of hydrogen-bond acceptors (Lipinski definition) is 5. The number of carbonyl (C=O) groups is 1. The van der Waals surface area contributed by atoms with Gasteiger partial charge in [0, 0.05) is 6.54 Å². The Bertz CT molecular complexity index is 491. The minimum atomic E-state index is -0.817. The second-order valence-corrected chi connectivity index (χ2v) is 3.77. The number of furan rings is 1. The monoisotopic (exact) mass is 236 g/mol. The first kappa shape index (κ1) is 11.3. The smallest absolute Gasteiger partial charge is 0.306 e. The van der Waals surface area contributed by atoms with Crippen LogP contribution in [0.15, 0.2) is 23.0 Å². The van der Waals surface area contributed by atoms with Crippen molar-refractivity contribution in [2.75, 3.05) is 0 Å². The number of tetrazole rings is 1. The van der Waals surface area contributed by atoms with Crippen LogP contribution >= 0.6 is 0 Å². The van der Waals surface area contributed by atoms with E-state index in [4.69, 9.17) is 9.52 Å². The van der Waals surface area contributed by atoms with E-state index in [9.17, 15) is 4.79 Å². The van der Waals surface area contributed by atoms with Crippen molar-refractivity contribution in [2.24, 2.45) is 5.92 Å². The molecule has 0 aromatic carbocycles. The Hall–Kier alpha value is -2.18. The van der Waals surface area contributed by atoms with Crippen LogP contribution in [0.5, 0.6) is 0 Å². The fraction of sp³-hybridized carbons (Fsp3) is 0.400. The fourth-order valence-corrected chi connectivity index (χ4v) is 1.39. The van der Waals surface area contributed by atoms with Gasteiger partial charge in [0.1, 0.15) is 6.26 Å². The molecule has 1 atom stereocenters. The van der Waals surface area contributed by atoms with Gasteiger partial charge in [-0.25, -0.2) is 4.68 Å². The minimum Gasteiger partial charge on any atom is -0.481 e. The zero-order valence-corrected chi connectivity index (χ0v) is 9.28. The van der Waals surface area contributed by atoms with E-state index in [0.717, 1.165) is 5.56 Å². The quantitative estimate of drug-likeness (QED) is 0.833. The maximum atomic E-state index is 10.7. The molecule has 0 aliphatic carbocycles. The van der Waals surface area contributed by atoms with E-state index < -0.39 is 11.9 Å². The number of carboxylic acids is 1. The summed E-state index contributed by atoms with van der Waals surface area (Å²) in [5.74, 6) is -0.657. The molecule has 0 fully saturated rings. The summed E-state index contributed by atoms with van der Waals surface area (Å²) in [7, 11) is 0. The maximum absolute atomic E-state index is 10.7. The van der Waals surface area contributed by atoms with Crippen molar-refractivity contribution in [1.29, 1.82) is 0 Å². The summed E-state index contributed by atoms with van der Waals surface area (Å²) in [5, 5.41) is 20.1. The maximum Gasteiger partial charge on any atom is 0.306 e. The van der Waals surface area contributed by atoms with E-state index in [1.165, 1.54) is 6.26 Å². The zero-order valence-electron chi connectivity index (χ0n) is 9.28. The van der Waals surface area contributed by atoms with Gasteiger partial charge >= 0.3 is 5.97 Å². The first-order valence-electron chi connectivity index (χ1n) is 5.20. The molecule has 2 heterocycles. The van der Waals surface area contributed by atoms with Crippen LogP contribution in [0.25, 0.3) is 11.4 Å². The lowest BCUT2D eigenvalue weighted by molar-refractivity contribution is -0.141. The summed E-state index contributed by atoms with van der Waals surface area (Å²) >= 11 is 0. The molecule has 17 heavy (non-hydrogen) atoms. The summed E-state index contributed by atoms with van der Waals surface area (Å²) in [6.45, 7) is 2.12. The molecule has 2 rings (SSSR count). The van der Waals surface area contributed by atoms with Gasteiger partial charge in [-0.3, -0.25) is 4.79 Å². The van der Waals surface area contributed by atoms with Gasteiger partial charge in [0.05, 0.1) is 17.7 Å². The highest BCUT2D eigenvalue weighted by atomic mass is 16.4. The summed E-state index contributed by atoms with van der Waals surface area (Å²) in [5.41, 5.74) is 0.776. The normalized spacial score (nSPS) is 12.5. The largest absolute Gasteiger partial charge is 0.481 e. The third kappa shape index (κ3) is 2.49. The van der Waals surface area contributed by atoms with Crippen molar-refractivity contribution in [3.05, 3.63) is 18.6 Å². The first-order valence-corrected chi connectivity index (χ1v) is 5.20. The van der Waals surface area contributed by atoms with Crippen LogP contribution in [-0.4, -0.2) is 31.3 Å². The molecule has 0 aliphatic rings. The molecule has 0 aliphatic heterocycles. The molecule has 2 aromatic rings. The van der Waals surface area contributed by atoms with Gasteiger partial charge in [0.2, 0.25) is 0 Å². The summed E-state index contributed by atoms with van der Waals surface area (Å²) < 4.78 is 6.53. The summed E-state index contributed by atoms with van der Waals surface area (Å²) in [4.78, 5) is 10.7. The van der Waals surface area contributed by atoms with Crippen LogP contribution in [0.4, 0.5) is 0 Å². The van der Waals surface area contributed by atoms with E-state index in [-0.39, 0.29) is 0 Å². The highest BCUT2D eigenvalue weighted by molar-refractivity contribution is 5.69. The van der Waals surface area contributed by atoms with Gasteiger partial charge in [-0.1, -0.05) is 6.92 Å². The molecule has 0 amide bonds. The van der Waals surface area contributed by atoms with Crippen LogP contribution in [0.2, 0.25) is 0 Å². The number of aliphatic carboxylic acids is 1. The molecule has 0 saturated heterocycles. The van der Waals surface area contributed by atoms with Gasteiger partial charge in [0.15, 0.2) is 5.82 Å². The standard InChI is InChI=1S/C10H12N4O3/c1-7(10(15)16)2-4-14-9(11-12-13-14)8-3-5-17-6-8/h3,5-7H,2,4H2,1H3,(H,15,16). The van der Waals surface area contributed by atoms with Crippen molar-refractivity contribution >= 4 is 5.97 Å². The fourth-order valence-electron chi connectivity index (χ4n) is 1.39. The Morgan fingerprint density at radius 2 is 2.47 bits per heavy atom. The molecule has 0 saturated carbocycles. The second kappa shape index (κ2) is 4.77. The number of rotatable bonds is 5. The molecule has 0 radical (unpaired) electrons. The number of carboxylic acid groups (broad SMARTS) is 1. The van der Waals surface area contributed by atoms with Crippen molar-refractivity contribution in [1.82, 2.24) is 20.2 Å². The zero-order chi connectivity index (χ0) is 12.3. The van der Waals surface area contributed by atoms with Crippen LogP contribution in [0, 0.1) is 5.92 Å². The van der Waals surface area contributed by atoms with Crippen LogP contribution in [0.1, 0.15) is 13.3 Å². The molecule has 0 bridgehead atoms. The van der Waals surface area contributed by atoms with Crippen molar-refractivity contribution < 1.29 is 14.3 Å². The lowest BCUT2D eigenvalue weighted by Crippen LogP contribution is -2.13. The highest BCUT2D eigenvalue weighted by Gasteiger charge is 2.14. The van der Waals surface area contributed by atoms with Gasteiger partial charge in [-0.2, -0.15) is 0 Å². The molecule has 7 nitrogen and oxygen atoms in total. The van der Waals surface area contributed by atoms with Gasteiger partial charge in [0.25, 0.3) is 0 Å². The molecular formula is C10H12N4O3. The van der Waals surface area contributed by atoms with Gasteiger partial charge in [-0.05, 0) is 22.9 Å². The highest BCUT2D eigenvalue weighted by Crippen LogP contribution is 2.16. The topological polar surface area (TPSA) is 94.0 Å². The Kier molecular flexibility index (Phi) is 3.17. The van der Waals surface area contributed by atoms with Crippen molar-refractivity contribution in [3.8, 4) is 11.4 Å². The molecule has 90 valence electrons. The SMILES string of the molecule is CC(CCn1nnnc1-c1ccoc1)C(=O)O. The first-order chi connectivity index (χ1) is 8.18. The van der Waals surface area contributed by atoms with Crippen molar-refractivity contribution in [2.45, 2.75) is 19.9 Å². The van der Waals surface area contributed by atoms with Gasteiger partial charge in [-0.15, -0.1) is 5.10 Å². The van der Waals surface area contributed by atoms with E-state index in [2.05, 4.69) is 15.5 Å². The lowest BCUT2D eigenvalue weighted by Gasteiger charge is -2.06. The van der Waals surface area contributed by atoms with E-state index in [1.54, 1.807) is 23.9 Å². The third-order valence-electron chi connectivity index (χ3n) is 2.51. The molecule has 1 unspecified atom stereocenters. The number of aryl methyl sites for hydroxylation is 1. The molecule has 2 aromatic heterocycles. The lowest BCUT2D eigenvalue weighted by atomic mass is 10.1. The third-order valence-corrected chi connectivity index (χ3v) is 2.51. The van der Waals surface area contributed by atoms with Crippen LogP contribution in [0.3, 0.4) is 0 Å². The Morgan fingerprint density at radius 3 is 3.12 bits per heavy atom. The molecular weight excluding hydrogens is 224 g/mol. The predicted molar refractivity (Wildman–Crippen MR) is 56.9 cm³/mol. The number of hydrogen-bond donors (Lipinski definition) is 1. The second-order valence-electron chi connectivity index (χ2n) is 3.77.